The molecule has 1 aromatic rings. The lowest BCUT2D eigenvalue weighted by atomic mass is 10.2. The predicted octanol–water partition coefficient (Wildman–Crippen LogP) is 1.54. The van der Waals surface area contributed by atoms with Crippen molar-refractivity contribution in [3.05, 3.63) is 18.7 Å². The minimum atomic E-state index is 0.626. The molecule has 0 aliphatic rings. The van der Waals surface area contributed by atoms with Crippen LogP contribution >= 0.6 is 0 Å². The zero-order chi connectivity index (χ0) is 11.6. The SMILES string of the molecule is CC(C)COCCNCCCn1ccnc1. The topological polar surface area (TPSA) is 39.1 Å². The van der Waals surface area contributed by atoms with Crippen LogP contribution in [0, 0.1) is 5.92 Å². The third-order valence-corrected chi connectivity index (χ3v) is 2.20. The number of rotatable bonds is 9. The van der Waals surface area contributed by atoms with Crippen LogP contribution < -0.4 is 5.32 Å². The van der Waals surface area contributed by atoms with Crippen LogP contribution in [0.15, 0.2) is 18.7 Å². The maximum atomic E-state index is 5.47. The number of hydrogen-bond donors (Lipinski definition) is 1. The molecule has 16 heavy (non-hydrogen) atoms. The van der Waals surface area contributed by atoms with Gasteiger partial charge in [-0.25, -0.2) is 4.98 Å². The van der Waals surface area contributed by atoms with Gasteiger partial charge in [-0.15, -0.1) is 0 Å². The monoisotopic (exact) mass is 225 g/mol. The molecule has 1 heterocycles. The van der Waals surface area contributed by atoms with Crippen LogP contribution in [0.3, 0.4) is 0 Å². The average molecular weight is 225 g/mol. The number of ether oxygens (including phenoxy) is 1. The summed E-state index contributed by atoms with van der Waals surface area (Å²) in [6, 6.07) is 0. The van der Waals surface area contributed by atoms with Gasteiger partial charge in [0, 0.05) is 32.1 Å². The standard InChI is InChI=1S/C12H23N3O/c1-12(2)10-16-9-6-13-4-3-7-15-8-5-14-11-15/h5,8,11-13H,3-4,6-7,9-10H2,1-2H3. The summed E-state index contributed by atoms with van der Waals surface area (Å²) in [5.41, 5.74) is 0. The molecular formula is C12H23N3O. The predicted molar refractivity (Wildman–Crippen MR) is 65.4 cm³/mol. The Hall–Kier alpha value is -0.870. The van der Waals surface area contributed by atoms with Crippen molar-refractivity contribution < 1.29 is 4.74 Å². The zero-order valence-corrected chi connectivity index (χ0v) is 10.4. The Labute approximate surface area is 98.0 Å². The molecule has 0 amide bonds. The molecule has 0 spiro atoms. The summed E-state index contributed by atoms with van der Waals surface area (Å²) in [5.74, 6) is 0.626. The highest BCUT2D eigenvalue weighted by molar-refractivity contribution is 4.73. The molecule has 92 valence electrons. The summed E-state index contributed by atoms with van der Waals surface area (Å²) in [6.45, 7) is 9.00. The Balaban J connectivity index is 1.82. The van der Waals surface area contributed by atoms with E-state index in [-0.39, 0.29) is 0 Å². The Morgan fingerprint density at radius 1 is 1.38 bits per heavy atom. The van der Waals surface area contributed by atoms with E-state index in [1.807, 2.05) is 18.7 Å². The fourth-order valence-corrected chi connectivity index (χ4v) is 1.39. The molecule has 1 aromatic heterocycles. The van der Waals surface area contributed by atoms with Gasteiger partial charge < -0.3 is 14.6 Å². The van der Waals surface area contributed by atoms with Crippen LogP contribution in [0.2, 0.25) is 0 Å². The van der Waals surface area contributed by atoms with E-state index in [1.54, 1.807) is 0 Å². The van der Waals surface area contributed by atoms with E-state index in [1.165, 1.54) is 0 Å². The second-order valence-electron chi connectivity index (χ2n) is 4.37. The van der Waals surface area contributed by atoms with Crippen molar-refractivity contribution in [1.82, 2.24) is 14.9 Å². The molecule has 1 N–H and O–H groups in total. The maximum Gasteiger partial charge on any atom is 0.0945 e. The van der Waals surface area contributed by atoms with Crippen molar-refractivity contribution in [2.75, 3.05) is 26.3 Å². The molecule has 0 saturated carbocycles. The Morgan fingerprint density at radius 3 is 2.94 bits per heavy atom. The van der Waals surface area contributed by atoms with Crippen LogP contribution in [0.5, 0.6) is 0 Å². The minimum Gasteiger partial charge on any atom is -0.380 e. The van der Waals surface area contributed by atoms with Gasteiger partial charge in [-0.3, -0.25) is 0 Å². The van der Waals surface area contributed by atoms with Crippen LogP contribution in [0.1, 0.15) is 20.3 Å². The Bertz CT molecular complexity index is 247. The van der Waals surface area contributed by atoms with Crippen molar-refractivity contribution in [1.29, 1.82) is 0 Å². The van der Waals surface area contributed by atoms with Gasteiger partial charge in [0.1, 0.15) is 0 Å². The third kappa shape index (κ3) is 6.58. The summed E-state index contributed by atoms with van der Waals surface area (Å²) in [7, 11) is 0. The van der Waals surface area contributed by atoms with Crippen LogP contribution in [0.25, 0.3) is 0 Å². The molecule has 0 aliphatic carbocycles. The molecule has 0 fully saturated rings. The highest BCUT2D eigenvalue weighted by atomic mass is 16.5. The van der Waals surface area contributed by atoms with Crippen LogP contribution in [-0.4, -0.2) is 35.9 Å². The van der Waals surface area contributed by atoms with E-state index >= 15 is 0 Å². The smallest absolute Gasteiger partial charge is 0.0945 e. The van der Waals surface area contributed by atoms with Gasteiger partial charge in [0.2, 0.25) is 0 Å². The van der Waals surface area contributed by atoms with Gasteiger partial charge in [-0.1, -0.05) is 13.8 Å². The van der Waals surface area contributed by atoms with Crippen LogP contribution in [0.4, 0.5) is 0 Å². The fourth-order valence-electron chi connectivity index (χ4n) is 1.39. The van der Waals surface area contributed by atoms with Crippen molar-refractivity contribution in [2.45, 2.75) is 26.8 Å². The molecule has 1 rings (SSSR count). The van der Waals surface area contributed by atoms with E-state index < -0.39 is 0 Å². The molecule has 0 radical (unpaired) electrons. The van der Waals surface area contributed by atoms with Crippen LogP contribution in [-0.2, 0) is 11.3 Å². The summed E-state index contributed by atoms with van der Waals surface area (Å²) in [6.07, 6.45) is 6.78. The van der Waals surface area contributed by atoms with Gasteiger partial charge >= 0.3 is 0 Å². The average Bonchev–Trinajstić information content (AvgIpc) is 2.74. The maximum absolute atomic E-state index is 5.47. The highest BCUT2D eigenvalue weighted by Crippen LogP contribution is 1.91. The third-order valence-electron chi connectivity index (χ3n) is 2.20. The first-order valence-corrected chi connectivity index (χ1v) is 6.03. The number of nitrogens with one attached hydrogen (secondary N) is 1. The second kappa shape index (κ2) is 8.30. The quantitative estimate of drug-likeness (QED) is 0.648. The second-order valence-corrected chi connectivity index (χ2v) is 4.37. The minimum absolute atomic E-state index is 0.626. The van der Waals surface area contributed by atoms with Gasteiger partial charge in [-0.2, -0.15) is 0 Å². The molecule has 0 bridgehead atoms. The number of aromatic nitrogens is 2. The normalized spacial score (nSPS) is 11.2. The Morgan fingerprint density at radius 2 is 2.25 bits per heavy atom. The number of imidazole rings is 1. The van der Waals surface area contributed by atoms with E-state index in [9.17, 15) is 0 Å². The van der Waals surface area contributed by atoms with Gasteiger partial charge in [-0.05, 0) is 18.9 Å². The summed E-state index contributed by atoms with van der Waals surface area (Å²) in [4.78, 5) is 4.00. The van der Waals surface area contributed by atoms with E-state index in [2.05, 4.69) is 28.7 Å². The highest BCUT2D eigenvalue weighted by Gasteiger charge is 1.94. The summed E-state index contributed by atoms with van der Waals surface area (Å²) < 4.78 is 7.56. The molecule has 4 heteroatoms. The Kier molecular flexibility index (Phi) is 6.85. The molecule has 0 aliphatic heterocycles. The van der Waals surface area contributed by atoms with E-state index in [0.717, 1.165) is 39.3 Å². The molecule has 0 aromatic carbocycles. The lowest BCUT2D eigenvalue weighted by Gasteiger charge is -2.08. The number of nitrogens with zero attached hydrogens (tertiary/aromatic N) is 2. The lowest BCUT2D eigenvalue weighted by Crippen LogP contribution is -2.22. The van der Waals surface area contributed by atoms with Gasteiger partial charge in [0.25, 0.3) is 0 Å². The first kappa shape index (κ1) is 13.2. The molecule has 0 saturated heterocycles. The van der Waals surface area contributed by atoms with Gasteiger partial charge in [0.15, 0.2) is 0 Å². The first-order chi connectivity index (χ1) is 7.79. The lowest BCUT2D eigenvalue weighted by molar-refractivity contribution is 0.112. The number of aryl methyl sites for hydroxylation is 1. The molecular weight excluding hydrogens is 202 g/mol. The fraction of sp³-hybridized carbons (Fsp3) is 0.750. The number of hydrogen-bond acceptors (Lipinski definition) is 3. The molecule has 4 nitrogen and oxygen atoms in total. The first-order valence-electron chi connectivity index (χ1n) is 6.03. The largest absolute Gasteiger partial charge is 0.380 e. The van der Waals surface area contributed by atoms with Crippen molar-refractivity contribution in [2.24, 2.45) is 5.92 Å². The van der Waals surface area contributed by atoms with Crippen molar-refractivity contribution >= 4 is 0 Å². The molecule has 0 unspecified atom stereocenters. The van der Waals surface area contributed by atoms with E-state index in [0.29, 0.717) is 5.92 Å². The van der Waals surface area contributed by atoms with Gasteiger partial charge in [0.05, 0.1) is 12.9 Å². The molecule has 0 atom stereocenters. The summed E-state index contributed by atoms with van der Waals surface area (Å²) >= 11 is 0. The summed E-state index contributed by atoms with van der Waals surface area (Å²) in [5, 5.41) is 3.36. The van der Waals surface area contributed by atoms with Crippen molar-refractivity contribution in [3.8, 4) is 0 Å². The van der Waals surface area contributed by atoms with Crippen molar-refractivity contribution in [3.63, 3.8) is 0 Å². The zero-order valence-electron chi connectivity index (χ0n) is 10.4. The van der Waals surface area contributed by atoms with E-state index in [4.69, 9.17) is 4.74 Å².